The molecule has 1 saturated heterocycles. The maximum Gasteiger partial charge on any atom is 0.222 e. The third-order valence-electron chi connectivity index (χ3n) is 3.10. The lowest BCUT2D eigenvalue weighted by Gasteiger charge is -2.30. The molecule has 1 aromatic rings. The minimum Gasteiger partial charge on any atom is -0.365 e. The van der Waals surface area contributed by atoms with Gasteiger partial charge in [0.1, 0.15) is 16.8 Å². The minimum atomic E-state index is 0.0618. The number of hydrogen-bond donors (Lipinski definition) is 1. The van der Waals surface area contributed by atoms with Crippen molar-refractivity contribution in [2.24, 2.45) is 0 Å². The molecule has 0 spiro atoms. The number of likely N-dealkylation sites (tertiary alicyclic amines) is 1. The Kier molecular flexibility index (Phi) is 3.99. The molecule has 0 saturated carbocycles. The lowest BCUT2D eigenvalue weighted by Crippen LogP contribution is -2.43. The van der Waals surface area contributed by atoms with Gasteiger partial charge >= 0.3 is 0 Å². The topological polar surface area (TPSA) is 75.2 Å². The number of carbonyl (C=O) groups excluding carboxylic acids is 2. The van der Waals surface area contributed by atoms with E-state index in [1.165, 1.54) is 0 Å². The number of aryl methyl sites for hydroxylation is 1. The van der Waals surface area contributed by atoms with E-state index in [0.717, 1.165) is 0 Å². The Bertz CT molecular complexity index is 521. The van der Waals surface area contributed by atoms with E-state index in [9.17, 15) is 9.59 Å². The van der Waals surface area contributed by atoms with Crippen LogP contribution in [0.2, 0.25) is 5.15 Å². The molecular formula is C12H15ClN4O2. The van der Waals surface area contributed by atoms with Gasteiger partial charge in [0.2, 0.25) is 5.91 Å². The monoisotopic (exact) mass is 282 g/mol. The molecule has 1 aliphatic rings. The largest absolute Gasteiger partial charge is 0.365 e. The first-order chi connectivity index (χ1) is 9.01. The van der Waals surface area contributed by atoms with Crippen LogP contribution in [-0.2, 0) is 4.79 Å². The van der Waals surface area contributed by atoms with Crippen molar-refractivity contribution in [3.05, 3.63) is 16.5 Å². The fraction of sp³-hybridized carbons (Fsp3) is 0.500. The number of halogens is 1. The second-order valence-electron chi connectivity index (χ2n) is 4.60. The highest BCUT2D eigenvalue weighted by Gasteiger charge is 2.24. The molecule has 1 fully saturated rings. The zero-order valence-electron chi connectivity index (χ0n) is 10.8. The van der Waals surface area contributed by atoms with E-state index in [-0.39, 0.29) is 22.7 Å². The Labute approximate surface area is 116 Å². The van der Waals surface area contributed by atoms with Gasteiger partial charge in [0.25, 0.3) is 0 Å². The number of aromatic nitrogens is 2. The number of rotatable bonds is 3. The lowest BCUT2D eigenvalue weighted by atomic mass is 10.1. The van der Waals surface area contributed by atoms with Crippen molar-refractivity contribution in [2.75, 3.05) is 18.9 Å². The molecule has 1 unspecified atom stereocenters. The van der Waals surface area contributed by atoms with Crippen molar-refractivity contribution < 1.29 is 9.59 Å². The molecule has 1 N–H and O–H groups in total. The molecule has 0 aromatic carbocycles. The molecule has 2 heterocycles. The van der Waals surface area contributed by atoms with E-state index in [1.807, 2.05) is 0 Å². The number of amides is 1. The van der Waals surface area contributed by atoms with Crippen LogP contribution in [0, 0.1) is 6.92 Å². The highest BCUT2D eigenvalue weighted by atomic mass is 35.5. The van der Waals surface area contributed by atoms with Gasteiger partial charge in [-0.05, 0) is 13.3 Å². The van der Waals surface area contributed by atoms with E-state index in [1.54, 1.807) is 18.9 Å². The number of carbonyl (C=O) groups is 2. The van der Waals surface area contributed by atoms with E-state index < -0.39 is 0 Å². The first-order valence-electron chi connectivity index (χ1n) is 6.01. The summed E-state index contributed by atoms with van der Waals surface area (Å²) >= 11 is 5.92. The molecule has 0 radical (unpaired) electrons. The van der Waals surface area contributed by atoms with Crippen molar-refractivity contribution in [3.8, 4) is 0 Å². The highest BCUT2D eigenvalue weighted by Crippen LogP contribution is 2.22. The fourth-order valence-corrected chi connectivity index (χ4v) is 2.34. The Morgan fingerprint density at radius 1 is 1.47 bits per heavy atom. The molecule has 19 heavy (non-hydrogen) atoms. The van der Waals surface area contributed by atoms with Crippen molar-refractivity contribution in [2.45, 2.75) is 25.8 Å². The number of anilines is 1. The van der Waals surface area contributed by atoms with E-state index >= 15 is 0 Å². The van der Waals surface area contributed by atoms with Crippen LogP contribution in [0.15, 0.2) is 0 Å². The summed E-state index contributed by atoms with van der Waals surface area (Å²) in [6.07, 6.45) is 1.84. The van der Waals surface area contributed by atoms with Crippen LogP contribution in [0.1, 0.15) is 29.0 Å². The summed E-state index contributed by atoms with van der Waals surface area (Å²) in [5.74, 6) is 1.06. The number of aldehydes is 1. The first kappa shape index (κ1) is 13.7. The molecule has 0 bridgehead atoms. The van der Waals surface area contributed by atoms with Gasteiger partial charge in [-0.2, -0.15) is 0 Å². The molecule has 1 atom stereocenters. The van der Waals surface area contributed by atoms with Crippen LogP contribution in [0.25, 0.3) is 0 Å². The van der Waals surface area contributed by atoms with Gasteiger partial charge in [-0.1, -0.05) is 11.6 Å². The molecule has 1 aromatic heterocycles. The fourth-order valence-electron chi connectivity index (χ4n) is 2.08. The highest BCUT2D eigenvalue weighted by molar-refractivity contribution is 6.32. The summed E-state index contributed by atoms with van der Waals surface area (Å²) in [5, 5.41) is 3.32. The quantitative estimate of drug-likeness (QED) is 0.668. The van der Waals surface area contributed by atoms with E-state index in [4.69, 9.17) is 11.6 Å². The van der Waals surface area contributed by atoms with Crippen LogP contribution in [0.4, 0.5) is 5.82 Å². The number of hydrogen-bond acceptors (Lipinski definition) is 5. The third-order valence-corrected chi connectivity index (χ3v) is 3.38. The minimum absolute atomic E-state index is 0.0618. The molecule has 2 rings (SSSR count). The number of nitrogens with one attached hydrogen (secondary N) is 1. The Hall–Kier alpha value is -1.69. The van der Waals surface area contributed by atoms with E-state index in [2.05, 4.69) is 15.3 Å². The van der Waals surface area contributed by atoms with Crippen molar-refractivity contribution in [1.82, 2.24) is 14.9 Å². The van der Waals surface area contributed by atoms with Crippen LogP contribution >= 0.6 is 11.6 Å². The SMILES string of the molecule is Cc1nc(Cl)c(C=O)c(NC2CCC(=O)N(C)C2)n1. The maximum absolute atomic E-state index is 11.4. The maximum atomic E-state index is 11.4. The third kappa shape index (κ3) is 3.01. The average Bonchev–Trinajstić information content (AvgIpc) is 2.33. The van der Waals surface area contributed by atoms with Gasteiger partial charge in [0, 0.05) is 26.1 Å². The second kappa shape index (κ2) is 5.52. The normalized spacial score (nSPS) is 19.4. The summed E-state index contributed by atoms with van der Waals surface area (Å²) in [6, 6.07) is 0.0618. The van der Waals surface area contributed by atoms with Gasteiger partial charge in [0.15, 0.2) is 6.29 Å². The molecular weight excluding hydrogens is 268 g/mol. The van der Waals surface area contributed by atoms with Crippen LogP contribution in [-0.4, -0.2) is 46.7 Å². The Balaban J connectivity index is 2.19. The zero-order valence-corrected chi connectivity index (χ0v) is 11.6. The van der Waals surface area contributed by atoms with Gasteiger partial charge < -0.3 is 10.2 Å². The number of piperidine rings is 1. The molecule has 0 aliphatic carbocycles. The van der Waals surface area contributed by atoms with Crippen molar-refractivity contribution in [1.29, 1.82) is 0 Å². The lowest BCUT2D eigenvalue weighted by molar-refractivity contribution is -0.132. The second-order valence-corrected chi connectivity index (χ2v) is 4.95. The smallest absolute Gasteiger partial charge is 0.222 e. The van der Waals surface area contributed by atoms with Crippen LogP contribution < -0.4 is 5.32 Å². The first-order valence-corrected chi connectivity index (χ1v) is 6.39. The van der Waals surface area contributed by atoms with Crippen molar-refractivity contribution >= 4 is 29.6 Å². The van der Waals surface area contributed by atoms with Crippen LogP contribution in [0.5, 0.6) is 0 Å². The van der Waals surface area contributed by atoms with Gasteiger partial charge in [-0.3, -0.25) is 9.59 Å². The standard InChI is InChI=1S/C12H15ClN4O2/c1-7-14-11(13)9(6-18)12(15-7)16-8-3-4-10(19)17(2)5-8/h6,8H,3-5H2,1-2H3,(H,14,15,16). The van der Waals surface area contributed by atoms with Crippen molar-refractivity contribution in [3.63, 3.8) is 0 Å². The number of nitrogens with zero attached hydrogens (tertiary/aromatic N) is 3. The molecule has 7 heteroatoms. The predicted octanol–water partition coefficient (Wildman–Crippen LogP) is 1.28. The van der Waals surface area contributed by atoms with E-state index in [0.29, 0.717) is 37.3 Å². The van der Waals surface area contributed by atoms with Crippen LogP contribution in [0.3, 0.4) is 0 Å². The van der Waals surface area contributed by atoms with Gasteiger partial charge in [-0.15, -0.1) is 0 Å². The molecule has 6 nitrogen and oxygen atoms in total. The summed E-state index contributed by atoms with van der Waals surface area (Å²) < 4.78 is 0. The Morgan fingerprint density at radius 2 is 2.21 bits per heavy atom. The Morgan fingerprint density at radius 3 is 2.84 bits per heavy atom. The van der Waals surface area contributed by atoms with Gasteiger partial charge in [-0.25, -0.2) is 9.97 Å². The molecule has 102 valence electrons. The zero-order chi connectivity index (χ0) is 14.0. The average molecular weight is 283 g/mol. The predicted molar refractivity (Wildman–Crippen MR) is 71.4 cm³/mol. The van der Waals surface area contributed by atoms with Gasteiger partial charge in [0.05, 0.1) is 5.56 Å². The summed E-state index contributed by atoms with van der Waals surface area (Å²) in [7, 11) is 1.76. The summed E-state index contributed by atoms with van der Waals surface area (Å²) in [6.45, 7) is 2.29. The summed E-state index contributed by atoms with van der Waals surface area (Å²) in [4.78, 5) is 32.3. The number of likely N-dealkylation sites (N-methyl/N-ethyl adjacent to an activating group) is 1. The molecule has 1 amide bonds. The molecule has 1 aliphatic heterocycles. The summed E-state index contributed by atoms with van der Waals surface area (Å²) in [5.41, 5.74) is 0.256.